The Hall–Kier alpha value is -1.48. The zero-order chi connectivity index (χ0) is 20.7. The molecule has 1 saturated heterocycles. The van der Waals surface area contributed by atoms with E-state index in [0.29, 0.717) is 19.0 Å². The van der Waals surface area contributed by atoms with Gasteiger partial charge in [0.15, 0.2) is 6.29 Å². The molecule has 8 heteroatoms. The number of rotatable bonds is 7. The summed E-state index contributed by atoms with van der Waals surface area (Å²) in [6, 6.07) is 6.92. The Labute approximate surface area is 168 Å². The van der Waals surface area contributed by atoms with E-state index in [1.54, 1.807) is 4.68 Å². The molecule has 1 aliphatic rings. The molecule has 0 spiro atoms. The quantitative estimate of drug-likeness (QED) is 0.403. The standard InChI is InChI=1S/C20H31BN2O4Si/c1-19(2)20(3,4)27-21(26-19)15-9-8-10-17-18(15)16(13-24)22-23(17)14-25-11-12-28(5,6)7/h8-10,13H,11-12,14H2,1-7H3. The molecule has 2 aromatic rings. The van der Waals surface area contributed by atoms with Crippen LogP contribution in [-0.2, 0) is 20.8 Å². The lowest BCUT2D eigenvalue weighted by Crippen LogP contribution is -2.41. The van der Waals surface area contributed by atoms with Crippen LogP contribution in [-0.4, -0.2) is 49.1 Å². The Morgan fingerprint density at radius 2 is 1.82 bits per heavy atom. The molecule has 0 atom stereocenters. The largest absolute Gasteiger partial charge is 0.495 e. The summed E-state index contributed by atoms with van der Waals surface area (Å²) in [4.78, 5) is 11.7. The zero-order valence-corrected chi connectivity index (χ0v) is 19.0. The highest BCUT2D eigenvalue weighted by Gasteiger charge is 2.52. The van der Waals surface area contributed by atoms with Crippen molar-refractivity contribution >= 4 is 37.8 Å². The summed E-state index contributed by atoms with van der Waals surface area (Å²) in [5, 5.41) is 5.24. The SMILES string of the molecule is CC1(C)OB(c2cccc3c2c(C=O)nn3COCC[Si](C)(C)C)OC1(C)C. The van der Waals surface area contributed by atoms with E-state index in [2.05, 4.69) is 24.7 Å². The first kappa shape index (κ1) is 21.2. The topological polar surface area (TPSA) is 62.6 Å². The molecule has 6 nitrogen and oxygen atoms in total. The van der Waals surface area contributed by atoms with Crippen molar-refractivity contribution in [1.82, 2.24) is 9.78 Å². The lowest BCUT2D eigenvalue weighted by Gasteiger charge is -2.32. The molecule has 1 aromatic carbocycles. The van der Waals surface area contributed by atoms with Crippen LogP contribution >= 0.6 is 0 Å². The average Bonchev–Trinajstić information content (AvgIpc) is 3.04. The van der Waals surface area contributed by atoms with E-state index in [-0.39, 0.29) is 0 Å². The van der Waals surface area contributed by atoms with E-state index in [1.807, 2.05) is 45.9 Å². The number of carbonyl (C=O) groups is 1. The Bertz CT molecular complexity index is 857. The number of nitrogens with zero attached hydrogens (tertiary/aromatic N) is 2. The molecule has 0 bridgehead atoms. The smallest absolute Gasteiger partial charge is 0.399 e. The van der Waals surface area contributed by atoms with E-state index >= 15 is 0 Å². The van der Waals surface area contributed by atoms with Crippen LogP contribution in [0.2, 0.25) is 25.7 Å². The molecule has 1 fully saturated rings. The van der Waals surface area contributed by atoms with Crippen LogP contribution in [0.4, 0.5) is 0 Å². The molecule has 0 aliphatic carbocycles. The molecule has 1 aliphatic heterocycles. The second-order valence-electron chi connectivity index (χ2n) is 9.68. The van der Waals surface area contributed by atoms with E-state index in [0.717, 1.165) is 28.7 Å². The fourth-order valence-electron chi connectivity index (χ4n) is 3.16. The highest BCUT2D eigenvalue weighted by molar-refractivity contribution is 6.76. The van der Waals surface area contributed by atoms with Gasteiger partial charge >= 0.3 is 7.12 Å². The van der Waals surface area contributed by atoms with E-state index in [4.69, 9.17) is 14.0 Å². The van der Waals surface area contributed by atoms with Crippen LogP contribution in [0.1, 0.15) is 38.2 Å². The van der Waals surface area contributed by atoms with Crippen molar-refractivity contribution in [3.63, 3.8) is 0 Å². The first-order valence-corrected chi connectivity index (χ1v) is 13.5. The summed E-state index contributed by atoms with van der Waals surface area (Å²) in [7, 11) is -1.69. The molecule has 0 saturated carbocycles. The number of hydrogen-bond acceptors (Lipinski definition) is 5. The second-order valence-corrected chi connectivity index (χ2v) is 15.3. The summed E-state index contributed by atoms with van der Waals surface area (Å²) in [5.41, 5.74) is 1.16. The van der Waals surface area contributed by atoms with Crippen LogP contribution in [0.25, 0.3) is 10.9 Å². The van der Waals surface area contributed by atoms with Gasteiger partial charge in [0, 0.05) is 20.1 Å². The van der Waals surface area contributed by atoms with Gasteiger partial charge in [0.05, 0.1) is 16.7 Å². The number of aromatic nitrogens is 2. The number of carbonyl (C=O) groups excluding carboxylic acids is 1. The molecule has 0 unspecified atom stereocenters. The minimum Gasteiger partial charge on any atom is -0.399 e. The molecule has 152 valence electrons. The Morgan fingerprint density at radius 1 is 1.18 bits per heavy atom. The van der Waals surface area contributed by atoms with Crippen LogP contribution in [0, 0.1) is 0 Å². The maximum absolute atomic E-state index is 11.7. The average molecular weight is 402 g/mol. The monoisotopic (exact) mass is 402 g/mol. The zero-order valence-electron chi connectivity index (χ0n) is 18.0. The summed E-state index contributed by atoms with van der Waals surface area (Å²) >= 11 is 0. The predicted octanol–water partition coefficient (Wildman–Crippen LogP) is 3.46. The molecule has 0 N–H and O–H groups in total. The van der Waals surface area contributed by atoms with Crippen molar-refractivity contribution in [1.29, 1.82) is 0 Å². The van der Waals surface area contributed by atoms with Gasteiger partial charge in [-0.05, 0) is 45.3 Å². The molecule has 28 heavy (non-hydrogen) atoms. The molecule has 0 amide bonds. The molecule has 3 rings (SSSR count). The summed E-state index contributed by atoms with van der Waals surface area (Å²) in [6.45, 7) is 16.1. The number of aldehydes is 1. The maximum atomic E-state index is 11.7. The molecule has 2 heterocycles. The summed E-state index contributed by atoms with van der Waals surface area (Å²) < 4.78 is 20.0. The minimum absolute atomic E-state index is 0.321. The summed E-state index contributed by atoms with van der Waals surface area (Å²) in [6.07, 6.45) is 0.787. The van der Waals surface area contributed by atoms with Crippen molar-refractivity contribution in [2.45, 2.75) is 71.3 Å². The van der Waals surface area contributed by atoms with Gasteiger partial charge in [-0.15, -0.1) is 0 Å². The first-order chi connectivity index (χ1) is 13.0. The van der Waals surface area contributed by atoms with Crippen molar-refractivity contribution in [3.05, 3.63) is 23.9 Å². The fraction of sp³-hybridized carbons (Fsp3) is 0.600. The second kappa shape index (κ2) is 7.41. The van der Waals surface area contributed by atoms with Crippen LogP contribution in [0.15, 0.2) is 18.2 Å². The molecule has 0 radical (unpaired) electrons. The lowest BCUT2D eigenvalue weighted by atomic mass is 9.76. The first-order valence-electron chi connectivity index (χ1n) is 9.83. The van der Waals surface area contributed by atoms with Gasteiger partial charge in [0.2, 0.25) is 0 Å². The Morgan fingerprint density at radius 3 is 2.39 bits per heavy atom. The fourth-order valence-corrected chi connectivity index (χ4v) is 3.92. The molecule has 1 aromatic heterocycles. The van der Waals surface area contributed by atoms with Gasteiger partial charge in [0.1, 0.15) is 12.4 Å². The van der Waals surface area contributed by atoms with Gasteiger partial charge in [-0.25, -0.2) is 4.68 Å². The van der Waals surface area contributed by atoms with Crippen molar-refractivity contribution in [2.24, 2.45) is 0 Å². The predicted molar refractivity (Wildman–Crippen MR) is 115 cm³/mol. The minimum atomic E-state index is -1.15. The number of ether oxygens (including phenoxy) is 1. The molecular formula is C20H31BN2O4Si. The number of benzene rings is 1. The molecular weight excluding hydrogens is 371 g/mol. The van der Waals surface area contributed by atoms with E-state index in [1.165, 1.54) is 0 Å². The highest BCUT2D eigenvalue weighted by Crippen LogP contribution is 2.37. The Balaban J connectivity index is 1.90. The van der Waals surface area contributed by atoms with Crippen molar-refractivity contribution in [2.75, 3.05) is 6.61 Å². The normalized spacial score (nSPS) is 18.8. The third-order valence-electron chi connectivity index (χ3n) is 5.67. The third kappa shape index (κ3) is 4.10. The highest BCUT2D eigenvalue weighted by atomic mass is 28.3. The maximum Gasteiger partial charge on any atom is 0.495 e. The van der Waals surface area contributed by atoms with Gasteiger partial charge in [-0.2, -0.15) is 5.10 Å². The third-order valence-corrected chi connectivity index (χ3v) is 7.37. The van der Waals surface area contributed by atoms with Crippen LogP contribution in [0.3, 0.4) is 0 Å². The van der Waals surface area contributed by atoms with Gasteiger partial charge in [-0.3, -0.25) is 4.79 Å². The van der Waals surface area contributed by atoms with Gasteiger partial charge < -0.3 is 14.0 Å². The van der Waals surface area contributed by atoms with Crippen LogP contribution in [0.5, 0.6) is 0 Å². The van der Waals surface area contributed by atoms with Crippen LogP contribution < -0.4 is 5.46 Å². The van der Waals surface area contributed by atoms with Gasteiger partial charge in [-0.1, -0.05) is 31.8 Å². The number of hydrogen-bond donors (Lipinski definition) is 0. The number of fused-ring (bicyclic) bond motifs is 1. The van der Waals surface area contributed by atoms with Crippen molar-refractivity contribution < 1.29 is 18.8 Å². The van der Waals surface area contributed by atoms with E-state index in [9.17, 15) is 4.79 Å². The summed E-state index contributed by atoms with van der Waals surface area (Å²) in [5.74, 6) is 0. The van der Waals surface area contributed by atoms with Crippen molar-refractivity contribution in [3.8, 4) is 0 Å². The Kier molecular flexibility index (Phi) is 5.62. The van der Waals surface area contributed by atoms with E-state index < -0.39 is 26.4 Å². The van der Waals surface area contributed by atoms with Gasteiger partial charge in [0.25, 0.3) is 0 Å². The lowest BCUT2D eigenvalue weighted by molar-refractivity contribution is 0.00578.